The van der Waals surface area contributed by atoms with Gasteiger partial charge in [-0.25, -0.2) is 4.79 Å². The Kier molecular flexibility index (Phi) is 3.66. The summed E-state index contributed by atoms with van der Waals surface area (Å²) >= 11 is 0. The first-order valence-electron chi connectivity index (χ1n) is 6.07. The van der Waals surface area contributed by atoms with Crippen LogP contribution in [0.15, 0.2) is 0 Å². The van der Waals surface area contributed by atoms with Crippen molar-refractivity contribution in [3.8, 4) is 0 Å². The largest absolute Gasteiger partial charge is 0.465 e. The maximum absolute atomic E-state index is 10.8. The number of piperidine rings is 1. The summed E-state index contributed by atoms with van der Waals surface area (Å²) in [5.41, 5.74) is 0. The van der Waals surface area contributed by atoms with Crippen molar-refractivity contribution in [1.82, 2.24) is 9.80 Å². The summed E-state index contributed by atoms with van der Waals surface area (Å²) in [5, 5.41) is 17.9. The van der Waals surface area contributed by atoms with E-state index in [2.05, 4.69) is 4.90 Å². The van der Waals surface area contributed by atoms with E-state index in [1.54, 1.807) is 0 Å². The van der Waals surface area contributed by atoms with E-state index in [9.17, 15) is 4.79 Å². The van der Waals surface area contributed by atoms with Crippen molar-refractivity contribution in [2.75, 3.05) is 26.2 Å². The molecule has 1 heterocycles. The molecule has 5 heteroatoms. The fourth-order valence-electron chi connectivity index (χ4n) is 2.57. The van der Waals surface area contributed by atoms with Gasteiger partial charge >= 0.3 is 6.09 Å². The monoisotopic (exact) mass is 228 g/mol. The van der Waals surface area contributed by atoms with Crippen LogP contribution in [0, 0.1) is 0 Å². The van der Waals surface area contributed by atoms with Gasteiger partial charge in [0.2, 0.25) is 0 Å². The molecule has 0 radical (unpaired) electrons. The highest BCUT2D eigenvalue weighted by atomic mass is 16.4. The molecule has 2 rings (SSSR count). The van der Waals surface area contributed by atoms with Crippen molar-refractivity contribution < 1.29 is 15.0 Å². The third kappa shape index (κ3) is 2.65. The van der Waals surface area contributed by atoms with Gasteiger partial charge in [-0.05, 0) is 25.7 Å². The molecule has 5 nitrogen and oxygen atoms in total. The molecule has 1 saturated heterocycles. The van der Waals surface area contributed by atoms with Gasteiger partial charge in [0, 0.05) is 31.7 Å². The summed E-state index contributed by atoms with van der Waals surface area (Å²) < 4.78 is 0. The zero-order valence-electron chi connectivity index (χ0n) is 9.51. The topological polar surface area (TPSA) is 64.0 Å². The van der Waals surface area contributed by atoms with E-state index in [0.717, 1.165) is 19.4 Å². The number of aliphatic hydroxyl groups excluding tert-OH is 1. The maximum atomic E-state index is 10.8. The Morgan fingerprint density at radius 3 is 2.19 bits per heavy atom. The van der Waals surface area contributed by atoms with Crippen LogP contribution < -0.4 is 0 Å². The fourth-order valence-corrected chi connectivity index (χ4v) is 2.57. The molecule has 0 aromatic rings. The second-order valence-corrected chi connectivity index (χ2v) is 4.69. The molecule has 1 saturated carbocycles. The van der Waals surface area contributed by atoms with Crippen LogP contribution in [-0.4, -0.2) is 64.4 Å². The van der Waals surface area contributed by atoms with Gasteiger partial charge < -0.3 is 15.1 Å². The van der Waals surface area contributed by atoms with Gasteiger partial charge in [0.1, 0.15) is 0 Å². The number of hydrogen-bond acceptors (Lipinski definition) is 3. The van der Waals surface area contributed by atoms with Gasteiger partial charge in [-0.2, -0.15) is 0 Å². The molecule has 0 aromatic carbocycles. The molecule has 16 heavy (non-hydrogen) atoms. The first-order chi connectivity index (χ1) is 7.72. The van der Waals surface area contributed by atoms with E-state index >= 15 is 0 Å². The molecule has 0 spiro atoms. The Morgan fingerprint density at radius 2 is 1.75 bits per heavy atom. The number of aliphatic hydroxyl groups is 1. The van der Waals surface area contributed by atoms with E-state index in [4.69, 9.17) is 10.2 Å². The summed E-state index contributed by atoms with van der Waals surface area (Å²) in [7, 11) is 0. The highest BCUT2D eigenvalue weighted by Gasteiger charge is 2.35. The molecule has 1 amide bonds. The molecule has 1 aliphatic heterocycles. The van der Waals surface area contributed by atoms with Crippen molar-refractivity contribution >= 4 is 6.09 Å². The first kappa shape index (κ1) is 11.7. The predicted molar refractivity (Wildman–Crippen MR) is 59.4 cm³/mol. The summed E-state index contributed by atoms with van der Waals surface area (Å²) in [5.74, 6) is 0. The third-order valence-electron chi connectivity index (χ3n) is 3.58. The van der Waals surface area contributed by atoms with Gasteiger partial charge in [0.05, 0.1) is 6.61 Å². The number of amides is 1. The Balaban J connectivity index is 1.84. The van der Waals surface area contributed by atoms with Crippen molar-refractivity contribution in [1.29, 1.82) is 0 Å². The first-order valence-corrected chi connectivity index (χ1v) is 6.07. The van der Waals surface area contributed by atoms with Crippen LogP contribution in [0.25, 0.3) is 0 Å². The van der Waals surface area contributed by atoms with Crippen molar-refractivity contribution in [3.05, 3.63) is 0 Å². The molecule has 0 bridgehead atoms. The van der Waals surface area contributed by atoms with Crippen LogP contribution in [0.4, 0.5) is 4.79 Å². The van der Waals surface area contributed by atoms with Gasteiger partial charge in [-0.3, -0.25) is 4.90 Å². The molecule has 1 aliphatic carbocycles. The average Bonchev–Trinajstić information content (AvgIpc) is 3.10. The number of nitrogens with zero attached hydrogens (tertiary/aromatic N) is 2. The van der Waals surface area contributed by atoms with Crippen molar-refractivity contribution in [2.24, 2.45) is 0 Å². The van der Waals surface area contributed by atoms with Crippen LogP contribution in [-0.2, 0) is 0 Å². The predicted octanol–water partition coefficient (Wildman–Crippen LogP) is 0.585. The van der Waals surface area contributed by atoms with Crippen molar-refractivity contribution in [2.45, 2.75) is 37.8 Å². The average molecular weight is 228 g/mol. The molecule has 0 unspecified atom stereocenters. The SMILES string of the molecule is O=C(O)N1CCC(N(CCO)C2CC2)CC1. The number of carboxylic acid groups (broad SMARTS) is 1. The number of likely N-dealkylation sites (tertiary alicyclic amines) is 1. The summed E-state index contributed by atoms with van der Waals surface area (Å²) in [6.07, 6.45) is 3.47. The molecule has 0 atom stereocenters. The highest BCUT2D eigenvalue weighted by molar-refractivity contribution is 5.65. The van der Waals surface area contributed by atoms with Crippen molar-refractivity contribution in [3.63, 3.8) is 0 Å². The number of carbonyl (C=O) groups is 1. The van der Waals surface area contributed by atoms with Gasteiger partial charge in [-0.15, -0.1) is 0 Å². The van der Waals surface area contributed by atoms with Crippen LogP contribution in [0.3, 0.4) is 0 Å². The fraction of sp³-hybridized carbons (Fsp3) is 0.909. The summed E-state index contributed by atoms with van der Waals surface area (Å²) in [4.78, 5) is 14.6. The standard InChI is InChI=1S/C11H20N2O3/c14-8-7-13(9-1-2-9)10-3-5-12(6-4-10)11(15)16/h9-10,14H,1-8H2,(H,15,16). The van der Waals surface area contributed by atoms with E-state index in [1.165, 1.54) is 17.7 Å². The van der Waals surface area contributed by atoms with Crippen LogP contribution in [0.2, 0.25) is 0 Å². The minimum Gasteiger partial charge on any atom is -0.465 e. The van der Waals surface area contributed by atoms with E-state index in [1.807, 2.05) is 0 Å². The maximum Gasteiger partial charge on any atom is 0.407 e. The normalized spacial score (nSPS) is 22.8. The zero-order chi connectivity index (χ0) is 11.5. The zero-order valence-corrected chi connectivity index (χ0v) is 9.51. The van der Waals surface area contributed by atoms with Crippen LogP contribution >= 0.6 is 0 Å². The lowest BCUT2D eigenvalue weighted by molar-refractivity contribution is 0.0795. The smallest absolute Gasteiger partial charge is 0.407 e. The second kappa shape index (κ2) is 5.01. The lowest BCUT2D eigenvalue weighted by atomic mass is 10.0. The lowest BCUT2D eigenvalue weighted by Crippen LogP contribution is -2.48. The molecular formula is C11H20N2O3. The quantitative estimate of drug-likeness (QED) is 0.739. The highest BCUT2D eigenvalue weighted by Crippen LogP contribution is 2.31. The Morgan fingerprint density at radius 1 is 1.19 bits per heavy atom. The third-order valence-corrected chi connectivity index (χ3v) is 3.58. The second-order valence-electron chi connectivity index (χ2n) is 4.69. The number of rotatable bonds is 4. The van der Waals surface area contributed by atoms with Gasteiger partial charge in [-0.1, -0.05) is 0 Å². The molecule has 2 aliphatic rings. The van der Waals surface area contributed by atoms with E-state index in [0.29, 0.717) is 25.2 Å². The molecule has 0 aromatic heterocycles. The number of hydrogen-bond donors (Lipinski definition) is 2. The summed E-state index contributed by atoms with van der Waals surface area (Å²) in [6.45, 7) is 2.21. The van der Waals surface area contributed by atoms with E-state index in [-0.39, 0.29) is 6.61 Å². The molecule has 2 N–H and O–H groups in total. The van der Waals surface area contributed by atoms with Crippen LogP contribution in [0.5, 0.6) is 0 Å². The Labute approximate surface area is 95.6 Å². The van der Waals surface area contributed by atoms with Gasteiger partial charge in [0.15, 0.2) is 0 Å². The lowest BCUT2D eigenvalue weighted by Gasteiger charge is -2.37. The van der Waals surface area contributed by atoms with E-state index < -0.39 is 6.09 Å². The van der Waals surface area contributed by atoms with Gasteiger partial charge in [0.25, 0.3) is 0 Å². The molecule has 2 fully saturated rings. The Hall–Kier alpha value is -0.810. The Bertz CT molecular complexity index is 248. The minimum atomic E-state index is -0.807. The minimum absolute atomic E-state index is 0.204. The van der Waals surface area contributed by atoms with Crippen LogP contribution in [0.1, 0.15) is 25.7 Å². The molecular weight excluding hydrogens is 208 g/mol. The molecule has 92 valence electrons. The summed E-state index contributed by atoms with van der Waals surface area (Å²) in [6, 6.07) is 1.11.